The zero-order valence-corrected chi connectivity index (χ0v) is 15.8. The molecule has 1 aliphatic heterocycles. The van der Waals surface area contributed by atoms with E-state index in [4.69, 9.17) is 11.6 Å². The minimum absolute atomic E-state index is 0.0783. The molecule has 2 aromatic carbocycles. The summed E-state index contributed by atoms with van der Waals surface area (Å²) in [5.41, 5.74) is 1.17. The molecule has 3 rings (SSSR count). The first-order chi connectivity index (χ1) is 13.0. The number of para-hydroxylation sites is 1. The van der Waals surface area contributed by atoms with Gasteiger partial charge in [-0.05, 0) is 42.7 Å². The van der Waals surface area contributed by atoms with Crippen LogP contribution in [0.3, 0.4) is 0 Å². The van der Waals surface area contributed by atoms with Gasteiger partial charge in [0.05, 0.1) is 17.7 Å². The molecule has 2 amide bonds. The molecule has 0 spiro atoms. The first kappa shape index (κ1) is 19.4. The van der Waals surface area contributed by atoms with Crippen molar-refractivity contribution < 1.29 is 14.0 Å². The van der Waals surface area contributed by atoms with Gasteiger partial charge in [-0.1, -0.05) is 42.6 Å². The van der Waals surface area contributed by atoms with E-state index in [2.05, 4.69) is 5.32 Å². The van der Waals surface area contributed by atoms with Gasteiger partial charge in [-0.2, -0.15) is 0 Å². The number of carbonyl (C=O) groups excluding carboxylic acids is 2. The largest absolute Gasteiger partial charge is 0.339 e. The molecule has 2 aromatic rings. The van der Waals surface area contributed by atoms with Gasteiger partial charge < -0.3 is 10.2 Å². The van der Waals surface area contributed by atoms with E-state index in [1.54, 1.807) is 30.3 Å². The van der Waals surface area contributed by atoms with Gasteiger partial charge in [0.25, 0.3) is 5.91 Å². The Labute approximate surface area is 163 Å². The van der Waals surface area contributed by atoms with Crippen molar-refractivity contribution >= 4 is 29.1 Å². The number of hydrogen-bond donors (Lipinski definition) is 1. The molecule has 0 saturated carbocycles. The van der Waals surface area contributed by atoms with E-state index in [0.717, 1.165) is 38.8 Å². The van der Waals surface area contributed by atoms with E-state index in [0.29, 0.717) is 11.3 Å². The van der Waals surface area contributed by atoms with E-state index in [-0.39, 0.29) is 28.8 Å². The Morgan fingerprint density at radius 2 is 1.74 bits per heavy atom. The third kappa shape index (κ3) is 5.07. The van der Waals surface area contributed by atoms with Gasteiger partial charge in [0, 0.05) is 18.1 Å². The van der Waals surface area contributed by atoms with Crippen LogP contribution in [0.4, 0.5) is 10.1 Å². The molecule has 0 bridgehead atoms. The summed E-state index contributed by atoms with van der Waals surface area (Å²) in [6.07, 6.45) is 4.13. The number of benzene rings is 2. The van der Waals surface area contributed by atoms with E-state index in [9.17, 15) is 14.0 Å². The second-order valence-electron chi connectivity index (χ2n) is 6.71. The zero-order chi connectivity index (χ0) is 19.2. The maximum absolute atomic E-state index is 13.9. The first-order valence-electron chi connectivity index (χ1n) is 9.16. The number of hydrogen-bond acceptors (Lipinski definition) is 2. The first-order valence-corrected chi connectivity index (χ1v) is 9.54. The fraction of sp³-hybridized carbons (Fsp3) is 0.333. The van der Waals surface area contributed by atoms with Crippen LogP contribution in [0.5, 0.6) is 0 Å². The van der Waals surface area contributed by atoms with Gasteiger partial charge in [-0.15, -0.1) is 0 Å². The molecule has 1 heterocycles. The number of nitrogens with zero attached hydrogens (tertiary/aromatic N) is 1. The molecule has 27 heavy (non-hydrogen) atoms. The molecule has 1 saturated heterocycles. The van der Waals surface area contributed by atoms with Crippen LogP contribution in [0.1, 0.15) is 41.6 Å². The average Bonchev–Trinajstić information content (AvgIpc) is 2.93. The molecule has 4 nitrogen and oxygen atoms in total. The lowest BCUT2D eigenvalue weighted by molar-refractivity contribution is -0.115. The quantitative estimate of drug-likeness (QED) is 0.826. The smallest absolute Gasteiger partial charge is 0.255 e. The maximum Gasteiger partial charge on any atom is 0.255 e. The zero-order valence-electron chi connectivity index (χ0n) is 15.0. The molecular formula is C21H22ClFN2O2. The topological polar surface area (TPSA) is 49.4 Å². The normalized spacial score (nSPS) is 14.5. The lowest BCUT2D eigenvalue weighted by atomic mass is 10.1. The Morgan fingerprint density at radius 3 is 2.44 bits per heavy atom. The van der Waals surface area contributed by atoms with Crippen LogP contribution in [-0.2, 0) is 11.2 Å². The molecule has 0 radical (unpaired) electrons. The van der Waals surface area contributed by atoms with Gasteiger partial charge in [0.15, 0.2) is 0 Å². The summed E-state index contributed by atoms with van der Waals surface area (Å²) < 4.78 is 13.9. The fourth-order valence-electron chi connectivity index (χ4n) is 3.26. The standard InChI is InChI=1S/C21H22ClFN2O2/c22-16-10-9-15(18(23)14-16)13-20(26)24-19-8-4-3-7-17(19)21(27)25-11-5-1-2-6-12-25/h3-4,7-10,14H,1-2,5-6,11-13H2,(H,24,26). The van der Waals surface area contributed by atoms with E-state index >= 15 is 0 Å². The summed E-state index contributed by atoms with van der Waals surface area (Å²) in [4.78, 5) is 27.1. The van der Waals surface area contributed by atoms with Crippen LogP contribution in [0.25, 0.3) is 0 Å². The van der Waals surface area contributed by atoms with Crippen molar-refractivity contribution in [3.8, 4) is 0 Å². The van der Waals surface area contributed by atoms with Crippen LogP contribution in [0, 0.1) is 5.82 Å². The SMILES string of the molecule is O=C(Cc1ccc(Cl)cc1F)Nc1ccccc1C(=O)N1CCCCCC1. The van der Waals surface area contributed by atoms with E-state index < -0.39 is 5.82 Å². The van der Waals surface area contributed by atoms with Crippen molar-refractivity contribution in [3.63, 3.8) is 0 Å². The Balaban J connectivity index is 1.73. The highest BCUT2D eigenvalue weighted by Crippen LogP contribution is 2.21. The number of rotatable bonds is 4. The second-order valence-corrected chi connectivity index (χ2v) is 7.15. The van der Waals surface area contributed by atoms with Crippen molar-refractivity contribution in [1.29, 1.82) is 0 Å². The number of nitrogens with one attached hydrogen (secondary N) is 1. The molecular weight excluding hydrogens is 367 g/mol. The molecule has 142 valence electrons. The Hall–Kier alpha value is -2.40. The molecule has 1 aliphatic rings. The predicted molar refractivity (Wildman–Crippen MR) is 105 cm³/mol. The summed E-state index contributed by atoms with van der Waals surface area (Å²) in [7, 11) is 0. The Bertz CT molecular complexity index is 833. The Morgan fingerprint density at radius 1 is 1.04 bits per heavy atom. The van der Waals surface area contributed by atoms with Gasteiger partial charge in [0.1, 0.15) is 5.82 Å². The number of anilines is 1. The molecule has 0 unspecified atom stereocenters. The van der Waals surface area contributed by atoms with Gasteiger partial charge >= 0.3 is 0 Å². The number of likely N-dealkylation sites (tertiary alicyclic amines) is 1. The highest BCUT2D eigenvalue weighted by molar-refractivity contribution is 6.30. The number of amides is 2. The van der Waals surface area contributed by atoms with Crippen molar-refractivity contribution in [2.24, 2.45) is 0 Å². The van der Waals surface area contributed by atoms with E-state index in [1.165, 1.54) is 12.1 Å². The minimum atomic E-state index is -0.522. The van der Waals surface area contributed by atoms with Gasteiger partial charge in [-0.3, -0.25) is 9.59 Å². The minimum Gasteiger partial charge on any atom is -0.339 e. The molecule has 0 aliphatic carbocycles. The van der Waals surface area contributed by atoms with E-state index in [1.807, 2.05) is 4.90 Å². The van der Waals surface area contributed by atoms with Crippen LogP contribution >= 0.6 is 11.6 Å². The molecule has 1 fully saturated rings. The van der Waals surface area contributed by atoms with Crippen molar-refractivity contribution in [3.05, 3.63) is 64.4 Å². The third-order valence-electron chi connectivity index (χ3n) is 4.69. The molecule has 1 N–H and O–H groups in total. The van der Waals surface area contributed by atoms with Crippen LogP contribution in [0.15, 0.2) is 42.5 Å². The van der Waals surface area contributed by atoms with Gasteiger partial charge in [0.2, 0.25) is 5.91 Å². The number of halogens is 2. The van der Waals surface area contributed by atoms with Crippen molar-refractivity contribution in [2.75, 3.05) is 18.4 Å². The average molecular weight is 389 g/mol. The summed E-state index contributed by atoms with van der Waals surface area (Å²) in [6.45, 7) is 1.47. The highest BCUT2D eigenvalue weighted by atomic mass is 35.5. The van der Waals surface area contributed by atoms with Crippen LogP contribution < -0.4 is 5.32 Å². The van der Waals surface area contributed by atoms with Crippen molar-refractivity contribution in [1.82, 2.24) is 4.90 Å². The monoisotopic (exact) mass is 388 g/mol. The predicted octanol–water partition coefficient (Wildman–Crippen LogP) is 4.68. The highest BCUT2D eigenvalue weighted by Gasteiger charge is 2.20. The summed E-state index contributed by atoms with van der Waals surface area (Å²) in [5, 5.41) is 3.03. The van der Waals surface area contributed by atoms with Crippen LogP contribution in [-0.4, -0.2) is 29.8 Å². The van der Waals surface area contributed by atoms with Crippen LogP contribution in [0.2, 0.25) is 5.02 Å². The molecule has 0 atom stereocenters. The molecule has 0 aromatic heterocycles. The fourth-order valence-corrected chi connectivity index (χ4v) is 3.41. The Kier molecular flexibility index (Phi) is 6.45. The summed E-state index contributed by atoms with van der Waals surface area (Å²) in [5.74, 6) is -0.982. The lowest BCUT2D eigenvalue weighted by Gasteiger charge is -2.22. The molecule has 6 heteroatoms. The third-order valence-corrected chi connectivity index (χ3v) is 4.93. The van der Waals surface area contributed by atoms with Gasteiger partial charge in [-0.25, -0.2) is 4.39 Å². The van der Waals surface area contributed by atoms with Crippen molar-refractivity contribution in [2.45, 2.75) is 32.1 Å². The second kappa shape index (κ2) is 9.00. The summed E-state index contributed by atoms with van der Waals surface area (Å²) in [6, 6.07) is 11.2. The lowest BCUT2D eigenvalue weighted by Crippen LogP contribution is -2.32. The number of carbonyl (C=O) groups is 2. The summed E-state index contributed by atoms with van der Waals surface area (Å²) >= 11 is 5.74. The maximum atomic E-state index is 13.9.